The predicted molar refractivity (Wildman–Crippen MR) is 126 cm³/mol. The molecule has 0 aliphatic rings. The highest BCUT2D eigenvalue weighted by atomic mass is 19.4. The van der Waals surface area contributed by atoms with Crippen LogP contribution in [0.2, 0.25) is 0 Å². The lowest BCUT2D eigenvalue weighted by Crippen LogP contribution is -2.04. The SMILES string of the molecule is Fc1ccccc1Cn1ncc2cc(Nc3ncnc4ccc(-c5nnc(C(F)(F)F)o5)cc34)ccc21. The number of nitrogens with zero attached hydrogens (tertiary/aromatic N) is 6. The van der Waals surface area contributed by atoms with E-state index >= 15 is 0 Å². The van der Waals surface area contributed by atoms with Gasteiger partial charge in [-0.2, -0.15) is 18.3 Å². The highest BCUT2D eigenvalue weighted by Gasteiger charge is 2.38. The summed E-state index contributed by atoms with van der Waals surface area (Å²) in [4.78, 5) is 8.52. The number of aromatic nitrogens is 6. The number of anilines is 2. The zero-order chi connectivity index (χ0) is 25.6. The van der Waals surface area contributed by atoms with Gasteiger partial charge in [0.15, 0.2) is 0 Å². The maximum Gasteiger partial charge on any atom is 0.470 e. The minimum absolute atomic E-state index is 0.271. The Balaban J connectivity index is 1.31. The molecule has 8 nitrogen and oxygen atoms in total. The molecular weight excluding hydrogens is 490 g/mol. The van der Waals surface area contributed by atoms with Gasteiger partial charge in [0.1, 0.15) is 18.0 Å². The summed E-state index contributed by atoms with van der Waals surface area (Å²) in [6, 6.07) is 16.8. The van der Waals surface area contributed by atoms with Crippen molar-refractivity contribution in [1.82, 2.24) is 29.9 Å². The van der Waals surface area contributed by atoms with Gasteiger partial charge in [0.2, 0.25) is 5.89 Å². The van der Waals surface area contributed by atoms with Gasteiger partial charge in [-0.15, -0.1) is 10.2 Å². The number of hydrogen-bond donors (Lipinski definition) is 1. The van der Waals surface area contributed by atoms with Crippen LogP contribution in [0.1, 0.15) is 11.5 Å². The Morgan fingerprint density at radius 1 is 0.946 bits per heavy atom. The van der Waals surface area contributed by atoms with Gasteiger partial charge in [0, 0.05) is 27.6 Å². The molecule has 184 valence electrons. The first-order valence-corrected chi connectivity index (χ1v) is 11.0. The van der Waals surface area contributed by atoms with Crippen molar-refractivity contribution in [3.8, 4) is 11.5 Å². The molecule has 12 heteroatoms. The zero-order valence-corrected chi connectivity index (χ0v) is 18.7. The van der Waals surface area contributed by atoms with Crippen molar-refractivity contribution < 1.29 is 22.0 Å². The van der Waals surface area contributed by atoms with E-state index in [0.29, 0.717) is 33.5 Å². The van der Waals surface area contributed by atoms with Gasteiger partial charge in [0.05, 0.1) is 23.8 Å². The molecule has 6 rings (SSSR count). The molecule has 0 aliphatic heterocycles. The molecule has 3 heterocycles. The van der Waals surface area contributed by atoms with Crippen LogP contribution in [0.15, 0.2) is 77.6 Å². The first-order chi connectivity index (χ1) is 17.8. The second kappa shape index (κ2) is 8.66. The van der Waals surface area contributed by atoms with E-state index in [9.17, 15) is 17.6 Å². The highest BCUT2D eigenvalue weighted by molar-refractivity contribution is 5.94. The monoisotopic (exact) mass is 505 g/mol. The van der Waals surface area contributed by atoms with E-state index in [1.54, 1.807) is 47.3 Å². The lowest BCUT2D eigenvalue weighted by Gasteiger charge is -2.10. The molecule has 0 amide bonds. The Hall–Kier alpha value is -4.87. The van der Waals surface area contributed by atoms with Gasteiger partial charge >= 0.3 is 12.1 Å². The Morgan fingerprint density at radius 3 is 2.62 bits per heavy atom. The highest BCUT2D eigenvalue weighted by Crippen LogP contribution is 2.32. The summed E-state index contributed by atoms with van der Waals surface area (Å²) in [5, 5.41) is 15.6. The molecule has 3 aromatic carbocycles. The van der Waals surface area contributed by atoms with Crippen molar-refractivity contribution in [2.24, 2.45) is 0 Å². The van der Waals surface area contributed by atoms with Crippen LogP contribution in [0.5, 0.6) is 0 Å². The number of alkyl halides is 3. The summed E-state index contributed by atoms with van der Waals surface area (Å²) in [5.74, 6) is -1.56. The minimum Gasteiger partial charge on any atom is -0.413 e. The van der Waals surface area contributed by atoms with E-state index in [1.807, 2.05) is 18.2 Å². The standard InChI is InChI=1S/C25H15F4N7O/c26-19-4-2-1-3-15(19)12-36-21-8-6-17(9-16(21)11-32-36)33-22-18-10-14(5-7-20(18)30-13-31-22)23-34-35-24(37-23)25(27,28)29/h1-11,13H,12H2,(H,30,31,33). The van der Waals surface area contributed by atoms with Crippen molar-refractivity contribution in [3.05, 3.63) is 90.5 Å². The summed E-state index contributed by atoms with van der Waals surface area (Å²) >= 11 is 0. The topological polar surface area (TPSA) is 94.6 Å². The lowest BCUT2D eigenvalue weighted by atomic mass is 10.1. The molecular formula is C25H15F4N7O. The van der Waals surface area contributed by atoms with Crippen LogP contribution >= 0.6 is 0 Å². The number of nitrogens with one attached hydrogen (secondary N) is 1. The number of rotatable bonds is 5. The minimum atomic E-state index is -4.74. The molecule has 0 saturated carbocycles. The fourth-order valence-corrected chi connectivity index (χ4v) is 3.96. The molecule has 1 N–H and O–H groups in total. The van der Waals surface area contributed by atoms with Gasteiger partial charge in [-0.3, -0.25) is 4.68 Å². The molecule has 3 aromatic heterocycles. The first-order valence-electron chi connectivity index (χ1n) is 11.0. The Morgan fingerprint density at radius 2 is 1.81 bits per heavy atom. The quantitative estimate of drug-likeness (QED) is 0.288. The van der Waals surface area contributed by atoms with Crippen molar-refractivity contribution in [3.63, 3.8) is 0 Å². The third-order valence-electron chi connectivity index (χ3n) is 5.73. The second-order valence-corrected chi connectivity index (χ2v) is 8.16. The summed E-state index contributed by atoms with van der Waals surface area (Å²) in [5.41, 5.74) is 2.90. The number of halogens is 4. The molecule has 0 saturated heterocycles. The predicted octanol–water partition coefficient (Wildman–Crippen LogP) is 5.98. The first kappa shape index (κ1) is 22.6. The molecule has 0 aliphatic carbocycles. The Labute approximate surface area is 205 Å². The van der Waals surface area contributed by atoms with Crippen molar-refractivity contribution in [2.45, 2.75) is 12.7 Å². The molecule has 0 spiro atoms. The molecule has 0 atom stereocenters. The van der Waals surface area contributed by atoms with Crippen molar-refractivity contribution in [1.29, 1.82) is 0 Å². The second-order valence-electron chi connectivity index (χ2n) is 8.16. The van der Waals surface area contributed by atoms with Crippen LogP contribution < -0.4 is 5.32 Å². The fourth-order valence-electron chi connectivity index (χ4n) is 3.96. The van der Waals surface area contributed by atoms with E-state index in [0.717, 1.165) is 10.9 Å². The smallest absolute Gasteiger partial charge is 0.413 e. The Kier molecular flexibility index (Phi) is 5.29. The maximum absolute atomic E-state index is 14.1. The Bertz CT molecular complexity index is 1760. The number of hydrogen-bond acceptors (Lipinski definition) is 7. The van der Waals surface area contributed by atoms with Crippen LogP contribution in [0.3, 0.4) is 0 Å². The molecule has 0 unspecified atom stereocenters. The fraction of sp³-hybridized carbons (Fsp3) is 0.0800. The maximum atomic E-state index is 14.1. The largest absolute Gasteiger partial charge is 0.470 e. The van der Waals surface area contributed by atoms with E-state index in [2.05, 4.69) is 30.6 Å². The lowest BCUT2D eigenvalue weighted by molar-refractivity contribution is -0.156. The van der Waals surface area contributed by atoms with Gasteiger partial charge in [-0.25, -0.2) is 14.4 Å². The molecule has 37 heavy (non-hydrogen) atoms. The van der Waals surface area contributed by atoms with Gasteiger partial charge in [-0.05, 0) is 42.5 Å². The van der Waals surface area contributed by atoms with Gasteiger partial charge in [0.25, 0.3) is 0 Å². The van der Waals surface area contributed by atoms with Gasteiger partial charge < -0.3 is 9.73 Å². The molecule has 0 bridgehead atoms. The average Bonchev–Trinajstić information content (AvgIpc) is 3.53. The van der Waals surface area contributed by atoms with E-state index in [4.69, 9.17) is 4.42 Å². The number of benzene rings is 3. The van der Waals surface area contributed by atoms with Crippen LogP contribution in [-0.2, 0) is 12.7 Å². The third-order valence-corrected chi connectivity index (χ3v) is 5.73. The van der Waals surface area contributed by atoms with E-state index < -0.39 is 12.1 Å². The summed E-state index contributed by atoms with van der Waals surface area (Å²) < 4.78 is 59.2. The molecule has 0 radical (unpaired) electrons. The molecule has 6 aromatic rings. The summed E-state index contributed by atoms with van der Waals surface area (Å²) in [6.07, 6.45) is -1.67. The van der Waals surface area contributed by atoms with E-state index in [-0.39, 0.29) is 18.3 Å². The van der Waals surface area contributed by atoms with Crippen molar-refractivity contribution in [2.75, 3.05) is 5.32 Å². The van der Waals surface area contributed by atoms with Crippen LogP contribution in [-0.4, -0.2) is 29.9 Å². The van der Waals surface area contributed by atoms with Crippen molar-refractivity contribution >= 4 is 33.3 Å². The van der Waals surface area contributed by atoms with Crippen LogP contribution in [0.25, 0.3) is 33.3 Å². The zero-order valence-electron chi connectivity index (χ0n) is 18.7. The van der Waals surface area contributed by atoms with Gasteiger partial charge in [-0.1, -0.05) is 18.2 Å². The van der Waals surface area contributed by atoms with E-state index in [1.165, 1.54) is 12.4 Å². The average molecular weight is 505 g/mol. The normalized spacial score (nSPS) is 11.9. The summed E-state index contributed by atoms with van der Waals surface area (Å²) in [7, 11) is 0. The van der Waals surface area contributed by atoms with Crippen LogP contribution in [0, 0.1) is 5.82 Å². The van der Waals surface area contributed by atoms with Crippen LogP contribution in [0.4, 0.5) is 29.1 Å². The number of fused-ring (bicyclic) bond motifs is 2. The molecule has 0 fully saturated rings. The summed E-state index contributed by atoms with van der Waals surface area (Å²) in [6.45, 7) is 0.286. The third kappa shape index (κ3) is 4.33.